The van der Waals surface area contributed by atoms with Gasteiger partial charge in [0.25, 0.3) is 0 Å². The number of rotatable bonds is 62. The first kappa shape index (κ1) is 69.9. The summed E-state index contributed by atoms with van der Waals surface area (Å²) in [4.78, 5) is 12.5. The van der Waals surface area contributed by atoms with Crippen LogP contribution in [0.3, 0.4) is 0 Å². The zero-order valence-corrected chi connectivity index (χ0v) is 48.8. The zero-order chi connectivity index (χ0) is 51.3. The Morgan fingerprint density at radius 1 is 0.338 bits per heavy atom. The second-order valence-corrected chi connectivity index (χ2v) is 22.9. The van der Waals surface area contributed by atoms with Gasteiger partial charge in [0.1, 0.15) is 0 Å². The van der Waals surface area contributed by atoms with E-state index >= 15 is 0 Å². The second-order valence-electron chi connectivity index (χ2n) is 22.9. The molecular weight excluding hydrogens is 867 g/mol. The van der Waals surface area contributed by atoms with Crippen LogP contribution in [0.15, 0.2) is 24.3 Å². The molecule has 0 radical (unpaired) electrons. The summed E-state index contributed by atoms with van der Waals surface area (Å²) < 4.78 is 0. The van der Waals surface area contributed by atoms with Gasteiger partial charge in [-0.15, -0.1) is 0 Å². The van der Waals surface area contributed by atoms with E-state index in [4.69, 9.17) is 0 Å². The van der Waals surface area contributed by atoms with E-state index in [1.807, 2.05) is 0 Å². The average Bonchev–Trinajstić information content (AvgIpc) is 3.37. The first-order chi connectivity index (χ1) is 35.2. The SMILES string of the molecule is CCCCCCC/C=C\C/C=C\CCCCCCCCCCCCCCCCCCCCCCCCCCCCCCCC(=O)NC(CO)C(O)CCCCCCCCCCCCCCCCCCCC. The maximum Gasteiger partial charge on any atom is 0.220 e. The molecule has 0 aromatic heterocycles. The van der Waals surface area contributed by atoms with Crippen molar-refractivity contribution in [2.45, 2.75) is 392 Å². The normalized spacial score (nSPS) is 12.8. The lowest BCUT2D eigenvalue weighted by Crippen LogP contribution is -2.45. The van der Waals surface area contributed by atoms with Crippen molar-refractivity contribution in [3.63, 3.8) is 0 Å². The minimum Gasteiger partial charge on any atom is -0.394 e. The summed E-state index contributed by atoms with van der Waals surface area (Å²) in [5.74, 6) is -0.0223. The van der Waals surface area contributed by atoms with E-state index in [0.717, 1.165) is 32.1 Å². The van der Waals surface area contributed by atoms with Gasteiger partial charge in [-0.3, -0.25) is 4.79 Å². The summed E-state index contributed by atoms with van der Waals surface area (Å²) in [6.07, 6.45) is 85.1. The summed E-state index contributed by atoms with van der Waals surface area (Å²) in [6, 6.07) is -0.533. The van der Waals surface area contributed by atoms with Gasteiger partial charge in [-0.25, -0.2) is 0 Å². The van der Waals surface area contributed by atoms with Gasteiger partial charge in [-0.2, -0.15) is 0 Å². The number of allylic oxidation sites excluding steroid dienone is 4. The third kappa shape index (κ3) is 59.6. The van der Waals surface area contributed by atoms with Crippen LogP contribution in [0.4, 0.5) is 0 Å². The molecule has 2 unspecified atom stereocenters. The number of amides is 1. The van der Waals surface area contributed by atoms with Crippen LogP contribution in [-0.4, -0.2) is 34.9 Å². The van der Waals surface area contributed by atoms with Gasteiger partial charge in [-0.1, -0.05) is 353 Å². The molecule has 3 N–H and O–H groups in total. The van der Waals surface area contributed by atoms with Crippen molar-refractivity contribution in [1.82, 2.24) is 5.32 Å². The smallest absolute Gasteiger partial charge is 0.220 e. The lowest BCUT2D eigenvalue weighted by atomic mass is 10.0. The summed E-state index contributed by atoms with van der Waals surface area (Å²) in [6.45, 7) is 4.39. The van der Waals surface area contributed by atoms with Crippen LogP contribution in [0.1, 0.15) is 380 Å². The monoisotopic (exact) mass is 998 g/mol. The van der Waals surface area contributed by atoms with Crippen molar-refractivity contribution in [2.75, 3.05) is 6.61 Å². The Balaban J connectivity index is 3.34. The van der Waals surface area contributed by atoms with Gasteiger partial charge in [0.2, 0.25) is 5.91 Å². The van der Waals surface area contributed by atoms with E-state index < -0.39 is 12.1 Å². The number of hydrogen-bond donors (Lipinski definition) is 3. The first-order valence-electron chi connectivity index (χ1n) is 33.0. The molecule has 71 heavy (non-hydrogen) atoms. The predicted octanol–water partition coefficient (Wildman–Crippen LogP) is 22.2. The maximum absolute atomic E-state index is 12.5. The molecule has 0 saturated heterocycles. The fourth-order valence-electron chi connectivity index (χ4n) is 10.7. The minimum absolute atomic E-state index is 0.0223. The largest absolute Gasteiger partial charge is 0.394 e. The molecule has 422 valence electrons. The second kappa shape index (κ2) is 63.2. The lowest BCUT2D eigenvalue weighted by molar-refractivity contribution is -0.123. The van der Waals surface area contributed by atoms with Crippen LogP contribution in [0.5, 0.6) is 0 Å². The van der Waals surface area contributed by atoms with E-state index in [9.17, 15) is 15.0 Å². The van der Waals surface area contributed by atoms with Gasteiger partial charge < -0.3 is 15.5 Å². The number of carbonyl (C=O) groups excluding carboxylic acids is 1. The quantitative estimate of drug-likeness (QED) is 0.0420. The predicted molar refractivity (Wildman–Crippen MR) is 318 cm³/mol. The zero-order valence-electron chi connectivity index (χ0n) is 48.8. The molecule has 0 aromatic rings. The molecule has 1 amide bonds. The molecule has 4 heteroatoms. The molecule has 0 aliphatic heterocycles. The Hall–Kier alpha value is -1.13. The molecule has 0 fully saturated rings. The Morgan fingerprint density at radius 2 is 0.577 bits per heavy atom. The van der Waals surface area contributed by atoms with Crippen molar-refractivity contribution in [3.05, 3.63) is 24.3 Å². The highest BCUT2D eigenvalue weighted by molar-refractivity contribution is 5.76. The van der Waals surface area contributed by atoms with E-state index in [-0.39, 0.29) is 12.5 Å². The van der Waals surface area contributed by atoms with Crippen LogP contribution in [-0.2, 0) is 4.79 Å². The molecule has 4 nitrogen and oxygen atoms in total. The van der Waals surface area contributed by atoms with E-state index in [1.165, 1.54) is 321 Å². The number of hydrogen-bond acceptors (Lipinski definition) is 3. The Labute approximate surface area is 447 Å². The molecule has 0 bridgehead atoms. The van der Waals surface area contributed by atoms with Crippen LogP contribution < -0.4 is 5.32 Å². The Bertz CT molecular complexity index is 1040. The fourth-order valence-corrected chi connectivity index (χ4v) is 10.7. The number of aliphatic hydroxyl groups is 2. The standard InChI is InChI=1S/C67H131NO3/c1-3-5-7-9-11-13-15-17-19-21-23-24-25-26-27-28-29-30-31-32-33-34-35-36-37-38-39-40-41-42-43-44-45-47-49-51-53-55-57-59-61-63-67(71)68-65(64-69)66(70)62-60-58-56-54-52-50-48-46-22-20-18-16-14-12-10-8-6-4-2/h15,17,21,23,65-66,69-70H,3-14,16,18-20,22,24-64H2,1-2H3,(H,68,71)/b17-15-,23-21-. The van der Waals surface area contributed by atoms with Gasteiger partial charge in [0.05, 0.1) is 18.8 Å². The lowest BCUT2D eigenvalue weighted by Gasteiger charge is -2.22. The molecule has 0 saturated carbocycles. The maximum atomic E-state index is 12.5. The average molecular weight is 999 g/mol. The van der Waals surface area contributed by atoms with Crippen molar-refractivity contribution >= 4 is 5.91 Å². The highest BCUT2D eigenvalue weighted by atomic mass is 16.3. The fraction of sp³-hybridized carbons (Fsp3) is 0.925. The first-order valence-corrected chi connectivity index (χ1v) is 33.0. The van der Waals surface area contributed by atoms with Crippen LogP contribution in [0.2, 0.25) is 0 Å². The van der Waals surface area contributed by atoms with E-state index in [2.05, 4.69) is 43.5 Å². The highest BCUT2D eigenvalue weighted by Crippen LogP contribution is 2.19. The number of carbonyl (C=O) groups is 1. The Morgan fingerprint density at radius 3 is 0.845 bits per heavy atom. The third-order valence-electron chi connectivity index (χ3n) is 15.7. The molecular formula is C67H131NO3. The topological polar surface area (TPSA) is 69.6 Å². The molecule has 0 aliphatic rings. The van der Waals surface area contributed by atoms with Gasteiger partial charge in [0, 0.05) is 6.42 Å². The molecule has 0 rings (SSSR count). The van der Waals surface area contributed by atoms with Crippen LogP contribution >= 0.6 is 0 Å². The molecule has 2 atom stereocenters. The van der Waals surface area contributed by atoms with Gasteiger partial charge in [-0.05, 0) is 44.9 Å². The van der Waals surface area contributed by atoms with Crippen LogP contribution in [0.25, 0.3) is 0 Å². The summed E-state index contributed by atoms with van der Waals surface area (Å²) >= 11 is 0. The summed E-state index contributed by atoms with van der Waals surface area (Å²) in [7, 11) is 0. The molecule has 0 aromatic carbocycles. The van der Waals surface area contributed by atoms with Crippen molar-refractivity contribution in [3.8, 4) is 0 Å². The van der Waals surface area contributed by atoms with E-state index in [0.29, 0.717) is 12.8 Å². The van der Waals surface area contributed by atoms with Crippen LogP contribution in [0, 0.1) is 0 Å². The van der Waals surface area contributed by atoms with Gasteiger partial charge >= 0.3 is 0 Å². The molecule has 0 heterocycles. The summed E-state index contributed by atoms with van der Waals surface area (Å²) in [5, 5.41) is 23.4. The number of aliphatic hydroxyl groups excluding tert-OH is 2. The van der Waals surface area contributed by atoms with Crippen molar-refractivity contribution in [2.24, 2.45) is 0 Å². The minimum atomic E-state index is -0.657. The van der Waals surface area contributed by atoms with Crippen molar-refractivity contribution in [1.29, 1.82) is 0 Å². The van der Waals surface area contributed by atoms with Crippen molar-refractivity contribution < 1.29 is 15.0 Å². The molecule has 0 spiro atoms. The molecule has 0 aliphatic carbocycles. The third-order valence-corrected chi connectivity index (χ3v) is 15.7. The number of nitrogens with one attached hydrogen (secondary N) is 1. The Kier molecular flexibility index (Phi) is 62.2. The number of unbranched alkanes of at least 4 members (excludes halogenated alkanes) is 51. The van der Waals surface area contributed by atoms with E-state index in [1.54, 1.807) is 0 Å². The van der Waals surface area contributed by atoms with Gasteiger partial charge in [0.15, 0.2) is 0 Å². The summed E-state index contributed by atoms with van der Waals surface area (Å²) in [5.41, 5.74) is 0. The highest BCUT2D eigenvalue weighted by Gasteiger charge is 2.20.